The number of hydrogen-bond acceptors (Lipinski definition) is 13. The zero-order valence-corrected chi connectivity index (χ0v) is 62.9. The van der Waals surface area contributed by atoms with Crippen LogP contribution < -0.4 is 21.3 Å². The molecule has 0 radical (unpaired) electrons. The maximum absolute atomic E-state index is 15.6. The average molecular weight is 1520 g/mol. The van der Waals surface area contributed by atoms with Gasteiger partial charge in [0.15, 0.2) is 0 Å². The summed E-state index contributed by atoms with van der Waals surface area (Å²) in [6.07, 6.45) is -5.58. The van der Waals surface area contributed by atoms with Crippen LogP contribution in [0.25, 0.3) is 0 Å². The minimum atomic E-state index is -4.82. The van der Waals surface area contributed by atoms with Crippen molar-refractivity contribution in [3.63, 3.8) is 0 Å². The first-order valence-electron chi connectivity index (χ1n) is 37.0. The molecule has 1 spiro atoms. The maximum Gasteiger partial charge on any atom is 0.417 e. The molecule has 8 rings (SSSR count). The molecule has 25 nitrogen and oxygen atoms in total. The fourth-order valence-electron chi connectivity index (χ4n) is 15.5. The molecule has 4 heterocycles. The minimum Gasteiger partial charge on any atom is -0.378 e. The third-order valence-corrected chi connectivity index (χ3v) is 22.9. The summed E-state index contributed by atoms with van der Waals surface area (Å²) in [6, 6.07) is -5.54. The van der Waals surface area contributed by atoms with Crippen LogP contribution in [-0.4, -0.2) is 251 Å². The molecule has 0 unspecified atom stereocenters. The number of nitrogens with zero attached hydrogens (tertiary/aromatic N) is 8. The molecular formula is C74H103ClF6N12O13. The van der Waals surface area contributed by atoms with E-state index in [1.165, 1.54) is 66.7 Å². The highest BCUT2D eigenvalue weighted by molar-refractivity contribution is 6.31. The van der Waals surface area contributed by atoms with Crippen molar-refractivity contribution in [2.24, 2.45) is 17.8 Å². The van der Waals surface area contributed by atoms with Gasteiger partial charge in [0.25, 0.3) is 0 Å². The Bertz CT molecular complexity index is 3550. The number of amides is 12. The van der Waals surface area contributed by atoms with Crippen molar-refractivity contribution in [2.75, 3.05) is 81.2 Å². The molecule has 2 aromatic rings. The number of carbonyl (C=O) groups is 12. The third-order valence-electron chi connectivity index (χ3n) is 22.6. The van der Waals surface area contributed by atoms with Gasteiger partial charge in [-0.1, -0.05) is 109 Å². The molecule has 4 saturated heterocycles. The van der Waals surface area contributed by atoms with E-state index in [1.807, 2.05) is 6.92 Å². The first-order valence-corrected chi connectivity index (χ1v) is 37.3. The third kappa shape index (κ3) is 19.6. The van der Waals surface area contributed by atoms with Gasteiger partial charge in [0.05, 0.1) is 42.3 Å². The Kier molecular flexibility index (Phi) is 28.2. The second-order valence-electron chi connectivity index (χ2n) is 29.7. The summed E-state index contributed by atoms with van der Waals surface area (Å²) < 4.78 is 88.8. The largest absolute Gasteiger partial charge is 0.417 e. The molecule has 32 heteroatoms. The molecule has 0 aromatic heterocycles. The topological polar surface area (TPSA) is 288 Å². The number of fused-ring (bicyclic) bond motifs is 2. The summed E-state index contributed by atoms with van der Waals surface area (Å²) >= 11 is 6.13. The number of hydrogen-bond donors (Lipinski definition) is 4. The van der Waals surface area contributed by atoms with Crippen LogP contribution in [0, 0.1) is 17.8 Å². The van der Waals surface area contributed by atoms with E-state index in [0.29, 0.717) is 25.7 Å². The predicted octanol–water partition coefficient (Wildman–Crippen LogP) is 5.75. The van der Waals surface area contributed by atoms with Gasteiger partial charge in [-0.05, 0) is 111 Å². The number of alkyl halides is 6. The van der Waals surface area contributed by atoms with Crippen molar-refractivity contribution in [3.8, 4) is 0 Å². The van der Waals surface area contributed by atoms with Gasteiger partial charge in [0.1, 0.15) is 59.9 Å². The molecule has 0 bridgehead atoms. The van der Waals surface area contributed by atoms with E-state index < -0.39 is 191 Å². The van der Waals surface area contributed by atoms with Crippen molar-refractivity contribution in [3.05, 3.63) is 69.7 Å². The Hall–Kier alpha value is -8.09. The summed E-state index contributed by atoms with van der Waals surface area (Å²) in [7, 11) is 6.66. The Morgan fingerprint density at radius 2 is 1.25 bits per heavy atom. The number of nitrogens with one attached hydrogen (secondary N) is 4. The van der Waals surface area contributed by atoms with Gasteiger partial charge in [-0.25, -0.2) is 0 Å². The second kappa shape index (κ2) is 35.8. The number of benzene rings is 2. The lowest BCUT2D eigenvalue weighted by Gasteiger charge is -2.44. The molecule has 586 valence electrons. The van der Waals surface area contributed by atoms with Gasteiger partial charge in [0.2, 0.25) is 70.9 Å². The summed E-state index contributed by atoms with van der Waals surface area (Å²) in [4.78, 5) is 190. The average Bonchev–Trinajstić information content (AvgIpc) is 1.44. The van der Waals surface area contributed by atoms with Crippen molar-refractivity contribution < 1.29 is 88.6 Å². The summed E-state index contributed by atoms with van der Waals surface area (Å²) in [6.45, 7) is 8.12. The fourth-order valence-corrected chi connectivity index (χ4v) is 15.8. The Labute approximate surface area is 620 Å². The number of halogens is 7. The van der Waals surface area contributed by atoms with Crippen LogP contribution in [0.3, 0.4) is 0 Å². The molecule has 6 fully saturated rings. The van der Waals surface area contributed by atoms with Crippen LogP contribution in [0.15, 0.2) is 42.5 Å². The number of morpholine rings is 1. The van der Waals surface area contributed by atoms with E-state index in [2.05, 4.69) is 21.3 Å². The van der Waals surface area contributed by atoms with Crippen molar-refractivity contribution in [2.45, 2.75) is 222 Å². The quantitative estimate of drug-likeness (QED) is 0.184. The number of likely N-dealkylation sites (N-methyl/N-ethyl adjacent to an activating group) is 5. The van der Waals surface area contributed by atoms with Crippen LogP contribution in [0.5, 0.6) is 0 Å². The van der Waals surface area contributed by atoms with Crippen LogP contribution in [-0.2, 0) is 87.5 Å². The van der Waals surface area contributed by atoms with Gasteiger partial charge in [-0.2, -0.15) is 26.3 Å². The van der Waals surface area contributed by atoms with Crippen LogP contribution >= 0.6 is 11.6 Å². The summed E-state index contributed by atoms with van der Waals surface area (Å²) in [5, 5.41) is 10.6. The molecular weight excluding hydrogens is 1410 g/mol. The van der Waals surface area contributed by atoms with E-state index in [-0.39, 0.29) is 108 Å². The van der Waals surface area contributed by atoms with E-state index in [9.17, 15) is 50.3 Å². The molecule has 11 atom stereocenters. The minimum absolute atomic E-state index is 0.00303. The Balaban J connectivity index is 1.19. The summed E-state index contributed by atoms with van der Waals surface area (Å²) in [5.74, 6) is -10.4. The van der Waals surface area contributed by atoms with Gasteiger partial charge in [-0.3, -0.25) is 57.5 Å². The van der Waals surface area contributed by atoms with Crippen molar-refractivity contribution in [1.82, 2.24) is 60.5 Å². The van der Waals surface area contributed by atoms with Gasteiger partial charge in [0, 0.05) is 67.8 Å². The highest BCUT2D eigenvalue weighted by atomic mass is 35.5. The Morgan fingerprint density at radius 3 is 1.83 bits per heavy atom. The molecule has 2 aromatic carbocycles. The van der Waals surface area contributed by atoms with Gasteiger partial charge in [-0.15, -0.1) is 0 Å². The number of aryl methyl sites for hydroxylation is 1. The molecule has 6 aliphatic rings. The maximum atomic E-state index is 15.6. The second-order valence-corrected chi connectivity index (χ2v) is 30.1. The molecule has 12 amide bonds. The first-order chi connectivity index (χ1) is 49.9. The van der Waals surface area contributed by atoms with Crippen LogP contribution in [0.1, 0.15) is 160 Å². The zero-order chi connectivity index (χ0) is 78.0. The van der Waals surface area contributed by atoms with Crippen LogP contribution in [0.4, 0.5) is 26.3 Å². The first kappa shape index (κ1) is 83.5. The fraction of sp³-hybridized carbons (Fsp3) is 0.676. The lowest BCUT2D eigenvalue weighted by molar-refractivity contribution is -0.157. The summed E-state index contributed by atoms with van der Waals surface area (Å²) in [5.41, 5.74) is -3.42. The molecule has 4 N–H and O–H groups in total. The van der Waals surface area contributed by atoms with E-state index in [1.54, 1.807) is 20.8 Å². The SMILES string of the molecule is CC[C@H](C)[C@@H]1NC(=O)[C@H](CC2CCCC2)N(C)C(=O)C[C@@H](C(=O)N2CCOCC2)N(C)C(=O)[C@H]([C@@H](C)CC)N(C)C(=O)C2(CCCC2)NC(=O)[C@@H]2CCCN2C(=O)[C@H](CCc2ccc(C(F)(F)F)c(Cl)c2)NC(=O)CN(C)C(=O)[C@H](Cc2ccc(C(F)(F)F)cc2)N(C)C(=O)[C@@H]2CCN2C(=O)[C@H](C)NC1=O. The predicted molar refractivity (Wildman–Crippen MR) is 377 cm³/mol. The molecule has 4 aliphatic heterocycles. The van der Waals surface area contributed by atoms with Gasteiger partial charge < -0.3 is 65.2 Å². The van der Waals surface area contributed by atoms with Crippen molar-refractivity contribution >= 4 is 82.5 Å². The number of carbonyl (C=O) groups excluding carboxylic acids is 12. The van der Waals surface area contributed by atoms with E-state index in [4.69, 9.17) is 16.3 Å². The van der Waals surface area contributed by atoms with Crippen LogP contribution in [0.2, 0.25) is 5.02 Å². The monoisotopic (exact) mass is 1520 g/mol. The lowest BCUT2D eigenvalue weighted by atomic mass is 9.90. The highest BCUT2D eigenvalue weighted by Gasteiger charge is 2.52. The van der Waals surface area contributed by atoms with E-state index in [0.717, 1.165) is 82.8 Å². The number of rotatable bonds is 12. The van der Waals surface area contributed by atoms with Crippen molar-refractivity contribution in [1.29, 1.82) is 0 Å². The zero-order valence-electron chi connectivity index (χ0n) is 62.2. The Morgan fingerprint density at radius 1 is 0.623 bits per heavy atom. The normalized spacial score (nSPS) is 27.0. The molecule has 106 heavy (non-hydrogen) atoms. The lowest BCUT2D eigenvalue weighted by Crippen LogP contribution is -2.65. The number of ether oxygens (including phenoxy) is 1. The van der Waals surface area contributed by atoms with Gasteiger partial charge >= 0.3 is 12.4 Å². The molecule has 2 aliphatic carbocycles. The van der Waals surface area contributed by atoms with E-state index >= 15 is 33.6 Å². The smallest absolute Gasteiger partial charge is 0.378 e. The molecule has 2 saturated carbocycles. The standard InChI is InChI=1S/C74H103ClF6N12O13/c1-11-43(3)60-64(98)82-45(5)65(99)93-33-29-54(93)68(102)88(8)56(40-48-21-25-49(26-22-48)73(76,77)78)67(101)86(6)42-58(94)83-52(28-24-47-23-27-50(51(75)38-47)74(79,80)81)66(100)92-32-17-20-53(92)63(97)85-72(30-15-16-31-72)71(105)90(10)61(44(4)12-2)70(104)89(9)57(69(103)91-34-36-106-37-35-91)41-59(95)87(7)55(62(96)84-60)39-46-18-13-14-19-46/h21-23,25-27,38,43-46,52-57,60-61H,11-20,24,28-37,39-42H2,1-10H3,(H,82,98)(H,83,94)(H,84,96)(H,85,97)/t43-,44-,45-,52-,53-,54-,55-,56-,57-,60-,61-/m0/s1. The highest BCUT2D eigenvalue weighted by Crippen LogP contribution is 2.38.